The topological polar surface area (TPSA) is 81.8 Å². The zero-order valence-electron chi connectivity index (χ0n) is 15.8. The summed E-state index contributed by atoms with van der Waals surface area (Å²) in [7, 11) is -3.14. The minimum atomic E-state index is -3.14. The van der Waals surface area contributed by atoms with E-state index in [0.29, 0.717) is 36.8 Å². The molecule has 3 rings (SSSR count). The molecule has 0 saturated carbocycles. The number of hydrogen-bond acceptors (Lipinski definition) is 5. The molecule has 0 atom stereocenters. The molecular weight excluding hydrogens is 432 g/mol. The number of carbonyl (C=O) groups excluding carboxylic acids is 1. The Bertz CT molecular complexity index is 1000. The van der Waals surface area contributed by atoms with Crippen molar-refractivity contribution in [1.29, 1.82) is 0 Å². The van der Waals surface area contributed by atoms with Crippen molar-refractivity contribution in [3.63, 3.8) is 0 Å². The summed E-state index contributed by atoms with van der Waals surface area (Å²) in [6, 6.07) is 14.2. The number of hydrogen-bond donors (Lipinski definition) is 2. The van der Waals surface area contributed by atoms with Crippen LogP contribution in [0.15, 0.2) is 48.5 Å². The lowest BCUT2D eigenvalue weighted by atomic mass is 10.2. The third kappa shape index (κ3) is 5.89. The molecule has 2 aromatic rings. The number of benzene rings is 2. The van der Waals surface area contributed by atoms with Crippen LogP contribution in [0, 0.1) is 0 Å². The normalized spacial score (nSPS) is 15.0. The fourth-order valence-electron chi connectivity index (χ4n) is 3.00. The van der Waals surface area contributed by atoms with Crippen LogP contribution in [0.1, 0.15) is 10.4 Å². The number of thiocarbonyl (C=S) groups is 1. The molecule has 0 spiro atoms. The van der Waals surface area contributed by atoms with Crippen molar-refractivity contribution in [2.45, 2.75) is 0 Å². The number of sulfonamides is 1. The van der Waals surface area contributed by atoms with E-state index in [1.54, 1.807) is 24.3 Å². The van der Waals surface area contributed by atoms with Crippen molar-refractivity contribution in [3.05, 3.63) is 59.1 Å². The van der Waals surface area contributed by atoms with Crippen LogP contribution in [0.25, 0.3) is 0 Å². The molecule has 1 heterocycles. The van der Waals surface area contributed by atoms with Gasteiger partial charge < -0.3 is 10.2 Å². The molecular formula is C19H21ClN4O3S2. The fourth-order valence-corrected chi connectivity index (χ4v) is 4.23. The number of amides is 1. The molecule has 2 N–H and O–H groups in total. The zero-order chi connectivity index (χ0) is 21.0. The van der Waals surface area contributed by atoms with Gasteiger partial charge in [0.1, 0.15) is 0 Å². The second-order valence-electron chi connectivity index (χ2n) is 6.61. The summed E-state index contributed by atoms with van der Waals surface area (Å²) in [4.78, 5) is 14.3. The van der Waals surface area contributed by atoms with Gasteiger partial charge in [-0.05, 0) is 54.7 Å². The van der Waals surface area contributed by atoms with Crippen LogP contribution in [0.4, 0.5) is 11.4 Å². The zero-order valence-corrected chi connectivity index (χ0v) is 18.1. The van der Waals surface area contributed by atoms with Crippen molar-refractivity contribution in [1.82, 2.24) is 9.62 Å². The van der Waals surface area contributed by atoms with E-state index in [0.717, 1.165) is 11.4 Å². The third-order valence-electron chi connectivity index (χ3n) is 4.51. The molecule has 1 saturated heterocycles. The monoisotopic (exact) mass is 452 g/mol. The van der Waals surface area contributed by atoms with Crippen molar-refractivity contribution in [2.75, 3.05) is 42.7 Å². The van der Waals surface area contributed by atoms with Gasteiger partial charge in [0.2, 0.25) is 10.0 Å². The predicted molar refractivity (Wildman–Crippen MR) is 120 cm³/mol. The first kappa shape index (κ1) is 21.5. The van der Waals surface area contributed by atoms with Crippen LogP contribution in [0.3, 0.4) is 0 Å². The molecule has 154 valence electrons. The highest BCUT2D eigenvalue weighted by molar-refractivity contribution is 7.88. The summed E-state index contributed by atoms with van der Waals surface area (Å²) in [6.07, 6.45) is 1.23. The summed E-state index contributed by atoms with van der Waals surface area (Å²) < 4.78 is 24.7. The lowest BCUT2D eigenvalue weighted by Gasteiger charge is -2.34. The first-order valence-electron chi connectivity index (χ1n) is 8.90. The summed E-state index contributed by atoms with van der Waals surface area (Å²) in [5, 5.41) is 6.25. The summed E-state index contributed by atoms with van der Waals surface area (Å²) in [5.41, 5.74) is 2.16. The van der Waals surface area contributed by atoms with Gasteiger partial charge in [0.15, 0.2) is 5.11 Å². The van der Waals surface area contributed by atoms with Crippen LogP contribution >= 0.6 is 23.8 Å². The molecule has 7 nitrogen and oxygen atoms in total. The number of nitrogens with zero attached hydrogens (tertiary/aromatic N) is 2. The lowest BCUT2D eigenvalue weighted by molar-refractivity contribution is 0.0977. The van der Waals surface area contributed by atoms with Gasteiger partial charge >= 0.3 is 0 Å². The molecule has 1 aliphatic heterocycles. The van der Waals surface area contributed by atoms with Crippen molar-refractivity contribution in [2.24, 2.45) is 0 Å². The van der Waals surface area contributed by atoms with E-state index >= 15 is 0 Å². The minimum absolute atomic E-state index is 0.185. The Hall–Kier alpha value is -2.20. The molecule has 10 heteroatoms. The average molecular weight is 453 g/mol. The molecule has 0 unspecified atom stereocenters. The Morgan fingerprint density at radius 1 is 1.07 bits per heavy atom. The average Bonchev–Trinajstić information content (AvgIpc) is 2.68. The van der Waals surface area contributed by atoms with Crippen LogP contribution in [0.5, 0.6) is 0 Å². The van der Waals surface area contributed by atoms with E-state index < -0.39 is 10.0 Å². The molecule has 0 aromatic heterocycles. The van der Waals surface area contributed by atoms with E-state index in [4.69, 9.17) is 23.8 Å². The SMILES string of the molecule is CS(=O)(=O)N1CCN(c2ccc(NC(=S)NC(=O)c3cccc(Cl)c3)cc2)CC1. The van der Waals surface area contributed by atoms with Gasteiger partial charge in [-0.25, -0.2) is 8.42 Å². The van der Waals surface area contributed by atoms with Crippen LogP contribution in [0.2, 0.25) is 5.02 Å². The van der Waals surface area contributed by atoms with Crippen molar-refractivity contribution >= 4 is 56.2 Å². The van der Waals surface area contributed by atoms with E-state index in [9.17, 15) is 13.2 Å². The van der Waals surface area contributed by atoms with Crippen molar-refractivity contribution < 1.29 is 13.2 Å². The first-order chi connectivity index (χ1) is 13.7. The maximum atomic E-state index is 12.2. The van der Waals surface area contributed by atoms with Crippen LogP contribution < -0.4 is 15.5 Å². The fraction of sp³-hybridized carbons (Fsp3) is 0.263. The Morgan fingerprint density at radius 3 is 2.31 bits per heavy atom. The largest absolute Gasteiger partial charge is 0.369 e. The maximum Gasteiger partial charge on any atom is 0.257 e. The van der Waals surface area contributed by atoms with Crippen molar-refractivity contribution in [3.8, 4) is 0 Å². The Balaban J connectivity index is 1.54. The van der Waals surface area contributed by atoms with Gasteiger partial charge in [-0.1, -0.05) is 17.7 Å². The smallest absolute Gasteiger partial charge is 0.257 e. The Labute approximate surface area is 180 Å². The van der Waals surface area contributed by atoms with Gasteiger partial charge in [-0.3, -0.25) is 10.1 Å². The molecule has 1 aliphatic rings. The number of rotatable bonds is 4. The highest BCUT2D eigenvalue weighted by Crippen LogP contribution is 2.20. The number of piperazine rings is 1. The number of anilines is 2. The van der Waals surface area contributed by atoms with Crippen LogP contribution in [-0.4, -0.2) is 56.2 Å². The Kier molecular flexibility index (Phi) is 6.74. The predicted octanol–water partition coefficient (Wildman–Crippen LogP) is 2.55. The van der Waals surface area contributed by atoms with Gasteiger partial charge in [-0.2, -0.15) is 4.31 Å². The highest BCUT2D eigenvalue weighted by atomic mass is 35.5. The molecule has 0 aliphatic carbocycles. The molecule has 2 aromatic carbocycles. The summed E-state index contributed by atoms with van der Waals surface area (Å²) in [5.74, 6) is -0.342. The molecule has 29 heavy (non-hydrogen) atoms. The standard InChI is InChI=1S/C19H21ClN4O3S2/c1-29(26,27)24-11-9-23(10-12-24)17-7-5-16(6-8-17)21-19(28)22-18(25)14-3-2-4-15(20)13-14/h2-8,13H,9-12H2,1H3,(H2,21,22,25,28). The van der Waals surface area contributed by atoms with Gasteiger partial charge in [0.05, 0.1) is 6.26 Å². The van der Waals surface area contributed by atoms with Gasteiger partial charge in [-0.15, -0.1) is 0 Å². The second kappa shape index (κ2) is 9.08. The molecule has 0 radical (unpaired) electrons. The van der Waals surface area contributed by atoms with E-state index in [1.165, 1.54) is 10.6 Å². The van der Waals surface area contributed by atoms with E-state index in [2.05, 4.69) is 15.5 Å². The van der Waals surface area contributed by atoms with E-state index in [1.807, 2.05) is 24.3 Å². The summed E-state index contributed by atoms with van der Waals surface area (Å²) in [6.45, 7) is 2.21. The van der Waals surface area contributed by atoms with Gasteiger partial charge in [0, 0.05) is 48.1 Å². The lowest BCUT2D eigenvalue weighted by Crippen LogP contribution is -2.48. The molecule has 1 fully saturated rings. The highest BCUT2D eigenvalue weighted by Gasteiger charge is 2.23. The molecule has 0 bridgehead atoms. The summed E-state index contributed by atoms with van der Waals surface area (Å²) >= 11 is 11.1. The van der Waals surface area contributed by atoms with Gasteiger partial charge in [0.25, 0.3) is 5.91 Å². The number of carbonyl (C=O) groups is 1. The van der Waals surface area contributed by atoms with E-state index in [-0.39, 0.29) is 11.0 Å². The molecule has 1 amide bonds. The quantitative estimate of drug-likeness (QED) is 0.694. The minimum Gasteiger partial charge on any atom is -0.369 e. The number of halogens is 1. The Morgan fingerprint density at radius 2 is 1.72 bits per heavy atom. The second-order valence-corrected chi connectivity index (χ2v) is 9.44. The first-order valence-corrected chi connectivity index (χ1v) is 11.5. The van der Waals surface area contributed by atoms with Crippen LogP contribution in [-0.2, 0) is 10.0 Å². The maximum absolute atomic E-state index is 12.2. The number of nitrogens with one attached hydrogen (secondary N) is 2. The third-order valence-corrected chi connectivity index (χ3v) is 6.25.